The zero-order valence-electron chi connectivity index (χ0n) is 18.9. The minimum Gasteiger partial charge on any atom is -0.313 e. The number of hydrogen-bond donors (Lipinski definition) is 4. The predicted molar refractivity (Wildman–Crippen MR) is 115 cm³/mol. The van der Waals surface area contributed by atoms with Crippen molar-refractivity contribution in [2.45, 2.75) is 86.0 Å². The summed E-state index contributed by atoms with van der Waals surface area (Å²) in [6.07, 6.45) is 1.18. The molecule has 0 spiro atoms. The van der Waals surface area contributed by atoms with Gasteiger partial charge in [-0.05, 0) is 48.0 Å². The summed E-state index contributed by atoms with van der Waals surface area (Å²) in [6.45, 7) is 24.9. The van der Waals surface area contributed by atoms with Gasteiger partial charge < -0.3 is 21.3 Å². The number of rotatable bonds is 17. The Hall–Kier alpha value is -0.240. The zero-order chi connectivity index (χ0) is 19.9. The second-order valence-electron chi connectivity index (χ2n) is 8.53. The lowest BCUT2D eigenvalue weighted by atomic mass is 10.3. The van der Waals surface area contributed by atoms with Crippen molar-refractivity contribution >= 4 is 0 Å². The molecule has 0 bridgehead atoms. The van der Waals surface area contributed by atoms with Crippen molar-refractivity contribution in [1.29, 1.82) is 0 Å². The van der Waals surface area contributed by atoms with Crippen LogP contribution in [-0.2, 0) is 0 Å². The minimum atomic E-state index is 0.519. The minimum absolute atomic E-state index is 0.519. The first-order valence-electron chi connectivity index (χ1n) is 10.6. The Balaban J connectivity index is 4.33. The maximum absolute atomic E-state index is 3.56. The van der Waals surface area contributed by atoms with E-state index in [4.69, 9.17) is 0 Å². The molecule has 26 heavy (non-hydrogen) atoms. The van der Waals surface area contributed by atoms with Gasteiger partial charge in [-0.15, -0.1) is 0 Å². The Morgan fingerprint density at radius 1 is 0.500 bits per heavy atom. The molecule has 0 aliphatic carbocycles. The Kier molecular flexibility index (Phi) is 15.6. The van der Waals surface area contributed by atoms with Crippen LogP contribution in [0.15, 0.2) is 0 Å². The number of nitrogens with one attached hydrogen (secondary N) is 4. The van der Waals surface area contributed by atoms with Crippen LogP contribution in [0.5, 0.6) is 0 Å². The van der Waals surface area contributed by atoms with E-state index in [0.29, 0.717) is 24.2 Å². The van der Waals surface area contributed by atoms with Crippen molar-refractivity contribution in [2.75, 3.05) is 46.2 Å². The van der Waals surface area contributed by atoms with E-state index in [-0.39, 0.29) is 0 Å². The monoisotopic (exact) mass is 372 g/mol. The molecule has 0 saturated carbocycles. The van der Waals surface area contributed by atoms with Crippen LogP contribution < -0.4 is 21.3 Å². The predicted octanol–water partition coefficient (Wildman–Crippen LogP) is 1.85. The van der Waals surface area contributed by atoms with Crippen molar-refractivity contribution in [3.63, 3.8) is 0 Å². The van der Waals surface area contributed by atoms with Crippen LogP contribution in [0.2, 0.25) is 0 Å². The fourth-order valence-corrected chi connectivity index (χ4v) is 2.45. The summed E-state index contributed by atoms with van der Waals surface area (Å²) in [7, 11) is 0. The molecule has 0 aromatic rings. The van der Waals surface area contributed by atoms with Crippen molar-refractivity contribution in [1.82, 2.24) is 31.1 Å². The fourth-order valence-electron chi connectivity index (χ4n) is 2.45. The van der Waals surface area contributed by atoms with Gasteiger partial charge in [0.25, 0.3) is 0 Å². The molecule has 0 aliphatic heterocycles. The number of nitrogens with zero attached hydrogens (tertiary/aromatic N) is 2. The molecule has 0 radical (unpaired) electrons. The van der Waals surface area contributed by atoms with Crippen LogP contribution >= 0.6 is 0 Å². The lowest BCUT2D eigenvalue weighted by Crippen LogP contribution is -2.46. The van der Waals surface area contributed by atoms with Crippen LogP contribution in [0.1, 0.15) is 61.8 Å². The smallest absolute Gasteiger partial charge is 0.0494 e. The molecule has 0 fully saturated rings. The molecular formula is C20H48N6. The third kappa shape index (κ3) is 17.2. The first kappa shape index (κ1) is 25.8. The second kappa shape index (κ2) is 15.8. The van der Waals surface area contributed by atoms with E-state index in [9.17, 15) is 0 Å². The van der Waals surface area contributed by atoms with Gasteiger partial charge in [0.15, 0.2) is 0 Å². The molecule has 0 aromatic carbocycles. The molecule has 0 unspecified atom stereocenters. The van der Waals surface area contributed by atoms with Crippen molar-refractivity contribution in [2.24, 2.45) is 0 Å². The standard InChI is InChI=1S/C20H48N6/c1-17(2)21-10-13-25(14-22-18(3)4)11-9-12-26(15-23-19(5)6)16-24-20(7)8/h17-24H,9-16H2,1-8H3. The summed E-state index contributed by atoms with van der Waals surface area (Å²) in [5.74, 6) is 0. The summed E-state index contributed by atoms with van der Waals surface area (Å²) in [6, 6.07) is 2.11. The summed E-state index contributed by atoms with van der Waals surface area (Å²) in [5, 5.41) is 14.2. The van der Waals surface area contributed by atoms with Gasteiger partial charge >= 0.3 is 0 Å². The largest absolute Gasteiger partial charge is 0.313 e. The molecule has 0 atom stereocenters. The van der Waals surface area contributed by atoms with E-state index in [1.807, 2.05) is 0 Å². The normalized spacial score (nSPS) is 12.7. The van der Waals surface area contributed by atoms with Crippen LogP contribution in [0, 0.1) is 0 Å². The highest BCUT2D eigenvalue weighted by atomic mass is 15.3. The summed E-state index contributed by atoms with van der Waals surface area (Å²) < 4.78 is 0. The Morgan fingerprint density at radius 2 is 0.885 bits per heavy atom. The van der Waals surface area contributed by atoms with Crippen LogP contribution in [0.3, 0.4) is 0 Å². The van der Waals surface area contributed by atoms with E-state index < -0.39 is 0 Å². The average molecular weight is 373 g/mol. The molecule has 4 N–H and O–H groups in total. The molecule has 0 rings (SSSR count). The highest BCUT2D eigenvalue weighted by Crippen LogP contribution is 1.96. The van der Waals surface area contributed by atoms with Crippen molar-refractivity contribution in [3.05, 3.63) is 0 Å². The van der Waals surface area contributed by atoms with Crippen LogP contribution in [-0.4, -0.2) is 80.2 Å². The second-order valence-corrected chi connectivity index (χ2v) is 8.53. The van der Waals surface area contributed by atoms with Gasteiger partial charge in [-0.1, -0.05) is 13.8 Å². The molecule has 0 amide bonds. The van der Waals surface area contributed by atoms with Crippen molar-refractivity contribution < 1.29 is 0 Å². The third-order valence-corrected chi connectivity index (χ3v) is 4.10. The Labute approximate surface area is 163 Å². The van der Waals surface area contributed by atoms with Crippen molar-refractivity contribution in [3.8, 4) is 0 Å². The molecule has 0 saturated heterocycles. The lowest BCUT2D eigenvalue weighted by Gasteiger charge is -2.28. The van der Waals surface area contributed by atoms with E-state index in [0.717, 1.165) is 46.2 Å². The Morgan fingerprint density at radius 3 is 1.31 bits per heavy atom. The summed E-state index contributed by atoms with van der Waals surface area (Å²) >= 11 is 0. The molecule has 0 heterocycles. The topological polar surface area (TPSA) is 54.6 Å². The summed E-state index contributed by atoms with van der Waals surface area (Å²) in [5.41, 5.74) is 0. The molecule has 6 heteroatoms. The quantitative estimate of drug-likeness (QED) is 0.292. The molecule has 0 aromatic heterocycles. The van der Waals surface area contributed by atoms with Gasteiger partial charge in [-0.2, -0.15) is 0 Å². The van der Waals surface area contributed by atoms with E-state index in [1.54, 1.807) is 0 Å². The van der Waals surface area contributed by atoms with Gasteiger partial charge in [-0.3, -0.25) is 9.80 Å². The average Bonchev–Trinajstić information content (AvgIpc) is 2.53. The lowest BCUT2D eigenvalue weighted by molar-refractivity contribution is 0.189. The molecule has 158 valence electrons. The van der Waals surface area contributed by atoms with Crippen LogP contribution in [0.4, 0.5) is 0 Å². The van der Waals surface area contributed by atoms with Gasteiger partial charge in [0, 0.05) is 70.4 Å². The van der Waals surface area contributed by atoms with Gasteiger partial charge in [-0.25, -0.2) is 0 Å². The van der Waals surface area contributed by atoms with Gasteiger partial charge in [0.1, 0.15) is 0 Å². The Bertz CT molecular complexity index is 295. The summed E-state index contributed by atoms with van der Waals surface area (Å²) in [4.78, 5) is 5.00. The van der Waals surface area contributed by atoms with Gasteiger partial charge in [0.2, 0.25) is 0 Å². The number of hydrogen-bond acceptors (Lipinski definition) is 6. The first-order valence-corrected chi connectivity index (χ1v) is 10.6. The van der Waals surface area contributed by atoms with E-state index >= 15 is 0 Å². The van der Waals surface area contributed by atoms with E-state index in [1.165, 1.54) is 6.42 Å². The third-order valence-electron chi connectivity index (χ3n) is 4.10. The van der Waals surface area contributed by atoms with Crippen LogP contribution in [0.25, 0.3) is 0 Å². The SMILES string of the molecule is CC(C)NCCN(CCCN(CNC(C)C)CNC(C)C)CNC(C)C. The van der Waals surface area contributed by atoms with Gasteiger partial charge in [0.05, 0.1) is 0 Å². The maximum atomic E-state index is 3.56. The first-order chi connectivity index (χ1) is 12.2. The highest BCUT2D eigenvalue weighted by molar-refractivity contribution is 4.66. The van der Waals surface area contributed by atoms with E-state index in [2.05, 4.69) is 86.5 Å². The molecule has 0 aliphatic rings. The fraction of sp³-hybridized carbons (Fsp3) is 1.00. The molecular weight excluding hydrogens is 324 g/mol. The zero-order valence-corrected chi connectivity index (χ0v) is 18.9. The maximum Gasteiger partial charge on any atom is 0.0494 e. The highest BCUT2D eigenvalue weighted by Gasteiger charge is 2.09. The molecule has 6 nitrogen and oxygen atoms in total.